The van der Waals surface area contributed by atoms with Gasteiger partial charge in [-0.05, 0) is 13.0 Å². The summed E-state index contributed by atoms with van der Waals surface area (Å²) in [4.78, 5) is 11.1. The van der Waals surface area contributed by atoms with Gasteiger partial charge in [-0.3, -0.25) is 0 Å². The summed E-state index contributed by atoms with van der Waals surface area (Å²) in [6.45, 7) is 1.54. The molecule has 0 atom stereocenters. The highest BCUT2D eigenvalue weighted by Gasteiger charge is 2.21. The predicted molar refractivity (Wildman–Crippen MR) is 46.7 cm³/mol. The number of hydrogen-bond donors (Lipinski definition) is 1. The molecule has 0 spiro atoms. The fourth-order valence-electron chi connectivity index (χ4n) is 0.987. The van der Waals surface area contributed by atoms with Gasteiger partial charge >= 0.3 is 5.97 Å². The molecule has 0 aliphatic heterocycles. The van der Waals surface area contributed by atoms with Crippen molar-refractivity contribution in [1.82, 2.24) is 0 Å². The third-order valence-electron chi connectivity index (χ3n) is 1.70. The molecule has 1 aromatic rings. The van der Waals surface area contributed by atoms with Crippen LogP contribution in [0.5, 0.6) is 0 Å². The van der Waals surface area contributed by atoms with Gasteiger partial charge in [0.05, 0.1) is 17.9 Å². The molecule has 0 saturated carbocycles. The van der Waals surface area contributed by atoms with Crippen molar-refractivity contribution in [3.63, 3.8) is 0 Å². The summed E-state index contributed by atoms with van der Waals surface area (Å²) in [5.74, 6) is -5.77. The minimum absolute atomic E-state index is 0.0267. The van der Waals surface area contributed by atoms with Crippen LogP contribution in [0, 0.1) is 17.5 Å². The first-order valence-electron chi connectivity index (χ1n) is 4.09. The molecule has 0 aliphatic carbocycles. The standard InChI is InChI=1S/C9H8F3NO2/c1-2-15-9(14)4-3-5(10)6(11)7(12)8(4)13/h3H,2,13H2,1H3. The van der Waals surface area contributed by atoms with Gasteiger partial charge in [0.25, 0.3) is 0 Å². The predicted octanol–water partition coefficient (Wildman–Crippen LogP) is 1.86. The average molecular weight is 219 g/mol. The van der Waals surface area contributed by atoms with Crippen molar-refractivity contribution < 1.29 is 22.7 Å². The summed E-state index contributed by atoms with van der Waals surface area (Å²) in [5.41, 5.74) is 3.82. The van der Waals surface area contributed by atoms with Crippen molar-refractivity contribution in [2.24, 2.45) is 0 Å². The van der Waals surface area contributed by atoms with Crippen LogP contribution in [-0.2, 0) is 4.74 Å². The first-order chi connectivity index (χ1) is 6.99. The summed E-state index contributed by atoms with van der Waals surface area (Å²) < 4.78 is 42.8. The maximum absolute atomic E-state index is 12.9. The fourth-order valence-corrected chi connectivity index (χ4v) is 0.987. The van der Waals surface area contributed by atoms with Gasteiger partial charge < -0.3 is 10.5 Å². The van der Waals surface area contributed by atoms with Gasteiger partial charge in [0.15, 0.2) is 17.5 Å². The largest absolute Gasteiger partial charge is 0.462 e. The number of hydrogen-bond acceptors (Lipinski definition) is 3. The number of nitrogens with two attached hydrogens (primary N) is 1. The normalized spacial score (nSPS) is 10.1. The van der Waals surface area contributed by atoms with Gasteiger partial charge in [-0.15, -0.1) is 0 Å². The molecule has 0 unspecified atom stereocenters. The number of rotatable bonds is 2. The lowest BCUT2D eigenvalue weighted by Crippen LogP contribution is -2.11. The Morgan fingerprint density at radius 3 is 2.53 bits per heavy atom. The zero-order chi connectivity index (χ0) is 11.6. The van der Waals surface area contributed by atoms with Gasteiger partial charge in [-0.25, -0.2) is 18.0 Å². The number of nitrogen functional groups attached to an aromatic ring is 1. The van der Waals surface area contributed by atoms with Crippen LogP contribution >= 0.6 is 0 Å². The van der Waals surface area contributed by atoms with Gasteiger partial charge in [0, 0.05) is 0 Å². The van der Waals surface area contributed by atoms with Crippen molar-refractivity contribution in [3.8, 4) is 0 Å². The van der Waals surface area contributed by atoms with Crippen molar-refractivity contribution >= 4 is 11.7 Å². The molecule has 0 aromatic heterocycles. The zero-order valence-electron chi connectivity index (χ0n) is 7.81. The Hall–Kier alpha value is -1.72. The molecule has 6 heteroatoms. The van der Waals surface area contributed by atoms with Crippen LogP contribution in [0.1, 0.15) is 17.3 Å². The first-order valence-corrected chi connectivity index (χ1v) is 4.09. The van der Waals surface area contributed by atoms with E-state index in [4.69, 9.17) is 5.73 Å². The maximum Gasteiger partial charge on any atom is 0.340 e. The van der Waals surface area contributed by atoms with E-state index >= 15 is 0 Å². The second kappa shape index (κ2) is 4.20. The second-order valence-corrected chi connectivity index (χ2v) is 2.67. The van der Waals surface area contributed by atoms with Crippen LogP contribution in [-0.4, -0.2) is 12.6 Å². The van der Waals surface area contributed by atoms with Gasteiger partial charge in [0.2, 0.25) is 0 Å². The zero-order valence-corrected chi connectivity index (χ0v) is 7.81. The van der Waals surface area contributed by atoms with Crippen molar-refractivity contribution in [2.45, 2.75) is 6.92 Å². The van der Waals surface area contributed by atoms with Gasteiger partial charge in [0.1, 0.15) is 0 Å². The number of anilines is 1. The molecular weight excluding hydrogens is 211 g/mol. The molecule has 0 saturated heterocycles. The van der Waals surface area contributed by atoms with Crippen molar-refractivity contribution in [3.05, 3.63) is 29.1 Å². The number of carbonyl (C=O) groups excluding carboxylic acids is 1. The van der Waals surface area contributed by atoms with E-state index in [2.05, 4.69) is 4.74 Å². The molecule has 0 radical (unpaired) electrons. The van der Waals surface area contributed by atoms with Gasteiger partial charge in [-0.2, -0.15) is 0 Å². The molecule has 2 N–H and O–H groups in total. The lowest BCUT2D eigenvalue weighted by Gasteiger charge is -2.06. The van der Waals surface area contributed by atoms with E-state index < -0.39 is 34.7 Å². The molecule has 82 valence electrons. The fraction of sp³-hybridized carbons (Fsp3) is 0.222. The van der Waals surface area contributed by atoms with Gasteiger partial charge in [-0.1, -0.05) is 0 Å². The van der Waals surface area contributed by atoms with Crippen molar-refractivity contribution in [1.29, 1.82) is 0 Å². The third kappa shape index (κ3) is 2.03. The molecule has 0 bridgehead atoms. The van der Waals surface area contributed by atoms with E-state index in [-0.39, 0.29) is 6.61 Å². The second-order valence-electron chi connectivity index (χ2n) is 2.67. The van der Waals surface area contributed by atoms with Crippen LogP contribution in [0.3, 0.4) is 0 Å². The summed E-state index contributed by atoms with van der Waals surface area (Å²) in [6.07, 6.45) is 0. The minimum Gasteiger partial charge on any atom is -0.462 e. The lowest BCUT2D eigenvalue weighted by molar-refractivity contribution is 0.0526. The molecular formula is C9H8F3NO2. The Kier molecular flexibility index (Phi) is 3.18. The van der Waals surface area contributed by atoms with Crippen LogP contribution in [0.15, 0.2) is 6.07 Å². The molecule has 0 heterocycles. The smallest absolute Gasteiger partial charge is 0.340 e. The quantitative estimate of drug-likeness (QED) is 0.469. The number of halogens is 3. The van der Waals surface area contributed by atoms with E-state index in [0.717, 1.165) is 0 Å². The molecule has 1 rings (SSSR count). The third-order valence-corrected chi connectivity index (χ3v) is 1.70. The molecule has 3 nitrogen and oxygen atoms in total. The topological polar surface area (TPSA) is 52.3 Å². The summed E-state index contributed by atoms with van der Waals surface area (Å²) in [7, 11) is 0. The Bertz CT molecular complexity index is 407. The Labute approximate surface area is 83.6 Å². The van der Waals surface area contributed by atoms with E-state index in [0.29, 0.717) is 6.07 Å². The highest BCUT2D eigenvalue weighted by molar-refractivity contribution is 5.95. The van der Waals surface area contributed by atoms with Crippen molar-refractivity contribution in [2.75, 3.05) is 12.3 Å². The summed E-state index contributed by atoms with van der Waals surface area (Å²) in [5, 5.41) is 0. The Morgan fingerprint density at radius 2 is 2.00 bits per heavy atom. The maximum atomic E-state index is 12.9. The number of esters is 1. The Morgan fingerprint density at radius 1 is 1.40 bits per heavy atom. The average Bonchev–Trinajstić information content (AvgIpc) is 2.20. The Balaban J connectivity index is 3.26. The van der Waals surface area contributed by atoms with E-state index in [9.17, 15) is 18.0 Å². The number of carbonyl (C=O) groups is 1. The summed E-state index contributed by atoms with van der Waals surface area (Å²) in [6, 6.07) is 0.506. The van der Waals surface area contributed by atoms with Crippen LogP contribution in [0.25, 0.3) is 0 Å². The number of ether oxygens (including phenoxy) is 1. The minimum atomic E-state index is -1.71. The lowest BCUT2D eigenvalue weighted by atomic mass is 10.1. The number of benzene rings is 1. The molecule has 0 amide bonds. The highest BCUT2D eigenvalue weighted by Crippen LogP contribution is 2.22. The monoisotopic (exact) mass is 219 g/mol. The van der Waals surface area contributed by atoms with E-state index in [1.54, 1.807) is 0 Å². The molecule has 15 heavy (non-hydrogen) atoms. The summed E-state index contributed by atoms with van der Waals surface area (Å²) >= 11 is 0. The van der Waals surface area contributed by atoms with E-state index in [1.165, 1.54) is 6.92 Å². The highest BCUT2D eigenvalue weighted by atomic mass is 19.2. The SMILES string of the molecule is CCOC(=O)c1cc(F)c(F)c(F)c1N. The van der Waals surface area contributed by atoms with Crippen LogP contribution in [0.4, 0.5) is 18.9 Å². The van der Waals surface area contributed by atoms with E-state index in [1.807, 2.05) is 0 Å². The molecule has 0 fully saturated rings. The molecule has 0 aliphatic rings. The van der Waals surface area contributed by atoms with Crippen LogP contribution in [0.2, 0.25) is 0 Å². The van der Waals surface area contributed by atoms with Crippen LogP contribution < -0.4 is 5.73 Å². The first kappa shape index (κ1) is 11.4. The molecule has 1 aromatic carbocycles.